The van der Waals surface area contributed by atoms with Crippen LogP contribution in [-0.4, -0.2) is 26.2 Å². The van der Waals surface area contributed by atoms with Gasteiger partial charge in [-0.2, -0.15) is 0 Å². The van der Waals surface area contributed by atoms with Gasteiger partial charge in [0, 0.05) is 0 Å². The fourth-order valence-electron chi connectivity index (χ4n) is 3.91. The van der Waals surface area contributed by atoms with Crippen molar-refractivity contribution in [3.8, 4) is 11.1 Å². The number of fused-ring (bicyclic) bond motifs is 1. The highest BCUT2D eigenvalue weighted by atomic mass is 16.5. The third-order valence-electron chi connectivity index (χ3n) is 5.41. The first-order valence-corrected chi connectivity index (χ1v) is 9.79. The van der Waals surface area contributed by atoms with E-state index in [2.05, 4.69) is 60.8 Å². The highest BCUT2D eigenvalue weighted by Gasteiger charge is 2.19. The van der Waals surface area contributed by atoms with E-state index in [1.807, 2.05) is 12.1 Å². The van der Waals surface area contributed by atoms with Crippen LogP contribution in [0.1, 0.15) is 34.3 Å². The summed E-state index contributed by atoms with van der Waals surface area (Å²) in [5.41, 5.74) is 6.52. The zero-order valence-corrected chi connectivity index (χ0v) is 16.4. The lowest BCUT2D eigenvalue weighted by molar-refractivity contribution is 0.0600. The molecule has 142 valence electrons. The summed E-state index contributed by atoms with van der Waals surface area (Å²) >= 11 is 0. The number of aryl methyl sites for hydroxylation is 1. The quantitative estimate of drug-likeness (QED) is 0.629. The molecule has 0 aliphatic carbocycles. The molecule has 1 aliphatic heterocycles. The number of nitrogens with one attached hydrogen (secondary N) is 1. The lowest BCUT2D eigenvalue weighted by Gasteiger charge is -2.15. The first-order valence-electron chi connectivity index (χ1n) is 9.79. The van der Waals surface area contributed by atoms with Crippen molar-refractivity contribution in [3.05, 3.63) is 77.4 Å². The summed E-state index contributed by atoms with van der Waals surface area (Å²) < 4.78 is 5.07. The summed E-state index contributed by atoms with van der Waals surface area (Å²) in [5, 5.41) is 5.67. The van der Waals surface area contributed by atoms with Crippen molar-refractivity contribution in [2.75, 3.05) is 20.2 Å². The minimum atomic E-state index is -0.280. The second-order valence-electron chi connectivity index (χ2n) is 7.30. The zero-order chi connectivity index (χ0) is 19.5. The number of esters is 1. The Morgan fingerprint density at radius 3 is 2.54 bits per heavy atom. The normalized spacial score (nSPS) is 14.4. The summed E-state index contributed by atoms with van der Waals surface area (Å²) in [5.74, 6) is -0.280. The fraction of sp³-hybridized carbons (Fsp3) is 0.240. The van der Waals surface area contributed by atoms with Crippen molar-refractivity contribution in [3.63, 3.8) is 0 Å². The summed E-state index contributed by atoms with van der Waals surface area (Å²) in [4.78, 5) is 12.5. The second kappa shape index (κ2) is 7.99. The van der Waals surface area contributed by atoms with Gasteiger partial charge in [-0.15, -0.1) is 0 Å². The molecule has 3 aromatic carbocycles. The third kappa shape index (κ3) is 3.58. The number of hydrogen-bond donors (Lipinski definition) is 1. The van der Waals surface area contributed by atoms with Gasteiger partial charge in [-0.1, -0.05) is 54.1 Å². The van der Waals surface area contributed by atoms with Gasteiger partial charge in [-0.05, 0) is 78.0 Å². The van der Waals surface area contributed by atoms with Crippen LogP contribution in [0.25, 0.3) is 27.5 Å². The minimum absolute atomic E-state index is 0.280. The molecule has 4 rings (SSSR count). The van der Waals surface area contributed by atoms with Gasteiger partial charge in [0.1, 0.15) is 0 Å². The summed E-state index contributed by atoms with van der Waals surface area (Å²) in [6.07, 6.45) is 4.13. The average molecular weight is 371 g/mol. The number of ether oxygens (including phenoxy) is 1. The van der Waals surface area contributed by atoms with E-state index in [1.54, 1.807) is 0 Å². The molecule has 0 unspecified atom stereocenters. The SMILES string of the molecule is COC(=O)c1ccc2cc(-c3ccc(C)cc3)ccc2c1C1=CCCNCC1. The van der Waals surface area contributed by atoms with Gasteiger partial charge in [-0.3, -0.25) is 0 Å². The van der Waals surface area contributed by atoms with E-state index in [0.29, 0.717) is 5.56 Å². The molecule has 0 aromatic heterocycles. The first kappa shape index (κ1) is 18.5. The van der Waals surface area contributed by atoms with E-state index in [0.717, 1.165) is 42.3 Å². The van der Waals surface area contributed by atoms with Crippen molar-refractivity contribution in [1.29, 1.82) is 0 Å². The van der Waals surface area contributed by atoms with E-state index >= 15 is 0 Å². The van der Waals surface area contributed by atoms with Gasteiger partial charge in [0.05, 0.1) is 12.7 Å². The first-order chi connectivity index (χ1) is 13.7. The van der Waals surface area contributed by atoms with Crippen LogP contribution in [0.15, 0.2) is 60.7 Å². The van der Waals surface area contributed by atoms with Gasteiger partial charge in [-0.25, -0.2) is 4.79 Å². The van der Waals surface area contributed by atoms with Crippen LogP contribution in [0.2, 0.25) is 0 Å². The maximum Gasteiger partial charge on any atom is 0.338 e. The third-order valence-corrected chi connectivity index (χ3v) is 5.41. The van der Waals surface area contributed by atoms with Crippen molar-refractivity contribution in [2.24, 2.45) is 0 Å². The molecule has 28 heavy (non-hydrogen) atoms. The number of carbonyl (C=O) groups excluding carboxylic acids is 1. The molecule has 0 saturated carbocycles. The van der Waals surface area contributed by atoms with Gasteiger partial charge < -0.3 is 10.1 Å². The largest absolute Gasteiger partial charge is 0.465 e. The molecule has 0 atom stereocenters. The lowest BCUT2D eigenvalue weighted by atomic mass is 9.89. The standard InChI is InChI=1S/C25H25NO2/c1-17-5-7-18(8-6-17)20-9-11-22-21(16-20)10-12-23(25(27)28-2)24(22)19-4-3-14-26-15-13-19/h4-12,16,26H,3,13-15H2,1-2H3. The highest BCUT2D eigenvalue weighted by Crippen LogP contribution is 2.34. The predicted octanol–water partition coefficient (Wildman–Crippen LogP) is 5.37. The number of methoxy groups -OCH3 is 1. The maximum atomic E-state index is 12.5. The molecular formula is C25H25NO2. The topological polar surface area (TPSA) is 38.3 Å². The summed E-state index contributed by atoms with van der Waals surface area (Å²) in [7, 11) is 1.44. The van der Waals surface area contributed by atoms with Crippen molar-refractivity contribution in [2.45, 2.75) is 19.8 Å². The Hall–Kier alpha value is -2.91. The molecule has 3 aromatic rings. The number of carbonyl (C=O) groups is 1. The van der Waals surface area contributed by atoms with E-state index < -0.39 is 0 Å². The number of rotatable bonds is 3. The van der Waals surface area contributed by atoms with Gasteiger partial charge >= 0.3 is 5.97 Å². The van der Waals surface area contributed by atoms with E-state index in [1.165, 1.54) is 29.4 Å². The Labute approximate surface area is 166 Å². The van der Waals surface area contributed by atoms with Crippen LogP contribution in [-0.2, 0) is 4.74 Å². The Morgan fingerprint density at radius 2 is 1.75 bits per heavy atom. The average Bonchev–Trinajstić information content (AvgIpc) is 3.02. The van der Waals surface area contributed by atoms with Crippen LogP contribution in [0.5, 0.6) is 0 Å². The monoisotopic (exact) mass is 371 g/mol. The highest BCUT2D eigenvalue weighted by molar-refractivity contribution is 6.06. The Balaban J connectivity index is 1.89. The fourth-order valence-corrected chi connectivity index (χ4v) is 3.91. The molecule has 3 heteroatoms. The Morgan fingerprint density at radius 1 is 0.964 bits per heavy atom. The Bertz CT molecular complexity index is 1050. The predicted molar refractivity (Wildman–Crippen MR) is 116 cm³/mol. The molecule has 1 N–H and O–H groups in total. The maximum absolute atomic E-state index is 12.5. The van der Waals surface area contributed by atoms with Crippen molar-refractivity contribution in [1.82, 2.24) is 5.32 Å². The van der Waals surface area contributed by atoms with Crippen LogP contribution in [0.4, 0.5) is 0 Å². The van der Waals surface area contributed by atoms with Crippen LogP contribution >= 0.6 is 0 Å². The molecule has 0 radical (unpaired) electrons. The molecule has 0 amide bonds. The molecule has 1 aliphatic rings. The molecule has 0 fully saturated rings. The van der Waals surface area contributed by atoms with Gasteiger partial charge in [0.2, 0.25) is 0 Å². The molecule has 3 nitrogen and oxygen atoms in total. The zero-order valence-electron chi connectivity index (χ0n) is 16.4. The lowest BCUT2D eigenvalue weighted by Crippen LogP contribution is -2.14. The summed E-state index contributed by atoms with van der Waals surface area (Å²) in [6, 6.07) is 19.0. The minimum Gasteiger partial charge on any atom is -0.465 e. The summed E-state index contributed by atoms with van der Waals surface area (Å²) in [6.45, 7) is 3.99. The van der Waals surface area contributed by atoms with Gasteiger partial charge in [0.15, 0.2) is 0 Å². The smallest absolute Gasteiger partial charge is 0.338 e. The Kier molecular flexibility index (Phi) is 5.27. The molecule has 0 spiro atoms. The van der Waals surface area contributed by atoms with Crippen LogP contribution in [0.3, 0.4) is 0 Å². The molecule has 0 bridgehead atoms. The van der Waals surface area contributed by atoms with Crippen LogP contribution < -0.4 is 5.32 Å². The second-order valence-corrected chi connectivity index (χ2v) is 7.30. The number of benzene rings is 3. The van der Waals surface area contributed by atoms with Crippen molar-refractivity contribution < 1.29 is 9.53 Å². The van der Waals surface area contributed by atoms with Gasteiger partial charge in [0.25, 0.3) is 0 Å². The molecule has 1 heterocycles. The molecular weight excluding hydrogens is 346 g/mol. The number of hydrogen-bond acceptors (Lipinski definition) is 3. The van der Waals surface area contributed by atoms with E-state index in [9.17, 15) is 4.79 Å². The van der Waals surface area contributed by atoms with E-state index in [4.69, 9.17) is 4.74 Å². The van der Waals surface area contributed by atoms with E-state index in [-0.39, 0.29) is 5.97 Å². The van der Waals surface area contributed by atoms with Crippen molar-refractivity contribution >= 4 is 22.3 Å². The van der Waals surface area contributed by atoms with Crippen LogP contribution in [0, 0.1) is 6.92 Å². The molecule has 0 saturated heterocycles.